The molecule has 0 radical (unpaired) electrons. The predicted octanol–water partition coefficient (Wildman–Crippen LogP) is 2.83. The second-order valence-corrected chi connectivity index (χ2v) is 7.07. The fourth-order valence-corrected chi connectivity index (χ4v) is 3.78. The van der Waals surface area contributed by atoms with Gasteiger partial charge in [0.25, 0.3) is 5.91 Å². The molecule has 0 spiro atoms. The first-order chi connectivity index (χ1) is 12.5. The van der Waals surface area contributed by atoms with Gasteiger partial charge in [0.1, 0.15) is 5.54 Å². The Balaban J connectivity index is 1.59. The topological polar surface area (TPSA) is 66.5 Å². The van der Waals surface area contributed by atoms with Crippen LogP contribution in [0.3, 0.4) is 0 Å². The molecular weight excluding hydrogens is 328 g/mol. The number of benzene rings is 2. The van der Waals surface area contributed by atoms with E-state index < -0.39 is 11.6 Å². The Morgan fingerprint density at radius 1 is 1.08 bits per heavy atom. The lowest BCUT2D eigenvalue weighted by atomic mass is 9.89. The van der Waals surface area contributed by atoms with Gasteiger partial charge in [0.15, 0.2) is 5.78 Å². The molecule has 1 aliphatic carbocycles. The molecule has 1 heterocycles. The Morgan fingerprint density at radius 3 is 2.58 bits per heavy atom. The van der Waals surface area contributed by atoms with Crippen molar-refractivity contribution in [3.05, 3.63) is 70.8 Å². The van der Waals surface area contributed by atoms with Gasteiger partial charge in [-0.2, -0.15) is 0 Å². The van der Waals surface area contributed by atoms with E-state index in [1.165, 1.54) is 11.1 Å². The number of amides is 3. The Bertz CT molecular complexity index is 907. The quantitative estimate of drug-likeness (QED) is 0.682. The van der Waals surface area contributed by atoms with Gasteiger partial charge in [-0.15, -0.1) is 0 Å². The van der Waals surface area contributed by atoms with Crippen LogP contribution in [0.1, 0.15) is 40.4 Å². The fourth-order valence-electron chi connectivity index (χ4n) is 3.78. The van der Waals surface area contributed by atoms with Gasteiger partial charge >= 0.3 is 6.03 Å². The van der Waals surface area contributed by atoms with Crippen molar-refractivity contribution in [1.29, 1.82) is 0 Å². The molecule has 1 fully saturated rings. The average Bonchev–Trinajstić information content (AvgIpc) is 3.21. The standard InChI is InChI=1S/C21H20N2O3/c1-21(17-11-10-14-8-5-9-16(14)12-17)19(25)23(20(26)22-21)13-18(24)15-6-3-2-4-7-15/h2-4,6-7,10-12H,5,8-9,13H2,1H3,(H,22,26)/t21-/m1/s1. The van der Waals surface area contributed by atoms with Crippen molar-refractivity contribution in [2.75, 3.05) is 6.54 Å². The number of urea groups is 1. The third-order valence-electron chi connectivity index (χ3n) is 5.35. The molecule has 2 aliphatic rings. The molecule has 1 saturated heterocycles. The Hall–Kier alpha value is -2.95. The Kier molecular flexibility index (Phi) is 3.87. The summed E-state index contributed by atoms with van der Waals surface area (Å²) in [6.45, 7) is 1.45. The van der Waals surface area contributed by atoms with E-state index in [4.69, 9.17) is 0 Å². The van der Waals surface area contributed by atoms with Gasteiger partial charge in [0.05, 0.1) is 6.54 Å². The molecular formula is C21H20N2O3. The van der Waals surface area contributed by atoms with E-state index in [2.05, 4.69) is 5.32 Å². The lowest BCUT2D eigenvalue weighted by molar-refractivity contribution is -0.130. The largest absolute Gasteiger partial charge is 0.325 e. The third kappa shape index (κ3) is 2.60. The highest BCUT2D eigenvalue weighted by Crippen LogP contribution is 2.32. The summed E-state index contributed by atoms with van der Waals surface area (Å²) >= 11 is 0. The highest BCUT2D eigenvalue weighted by molar-refractivity contribution is 6.11. The average molecular weight is 348 g/mol. The number of aryl methyl sites for hydroxylation is 2. The molecule has 2 aromatic carbocycles. The van der Waals surface area contributed by atoms with E-state index in [1.807, 2.05) is 24.3 Å². The Labute approximate surface area is 152 Å². The Morgan fingerprint density at radius 2 is 1.81 bits per heavy atom. The summed E-state index contributed by atoms with van der Waals surface area (Å²) in [6.07, 6.45) is 3.18. The number of rotatable bonds is 4. The molecule has 5 nitrogen and oxygen atoms in total. The van der Waals surface area contributed by atoms with Crippen LogP contribution in [0.15, 0.2) is 48.5 Å². The monoisotopic (exact) mass is 348 g/mol. The van der Waals surface area contributed by atoms with Crippen LogP contribution < -0.4 is 5.32 Å². The molecule has 0 saturated carbocycles. The highest BCUT2D eigenvalue weighted by Gasteiger charge is 2.49. The van der Waals surface area contributed by atoms with Crippen LogP contribution in [0, 0.1) is 0 Å². The highest BCUT2D eigenvalue weighted by atomic mass is 16.2. The number of nitrogens with one attached hydrogen (secondary N) is 1. The molecule has 3 amide bonds. The van der Waals surface area contributed by atoms with E-state index in [-0.39, 0.29) is 18.2 Å². The number of imide groups is 1. The normalized spacial score (nSPS) is 21.7. The van der Waals surface area contributed by atoms with Crippen molar-refractivity contribution < 1.29 is 14.4 Å². The first-order valence-corrected chi connectivity index (χ1v) is 8.84. The van der Waals surface area contributed by atoms with Gasteiger partial charge in [-0.25, -0.2) is 4.79 Å². The van der Waals surface area contributed by atoms with Crippen LogP contribution in [-0.2, 0) is 23.2 Å². The molecule has 1 atom stereocenters. The zero-order valence-corrected chi connectivity index (χ0v) is 14.6. The van der Waals surface area contributed by atoms with E-state index >= 15 is 0 Å². The number of hydrogen-bond donors (Lipinski definition) is 1. The van der Waals surface area contributed by atoms with E-state index in [1.54, 1.807) is 31.2 Å². The van der Waals surface area contributed by atoms with Gasteiger partial charge in [-0.3, -0.25) is 14.5 Å². The number of nitrogens with zero attached hydrogens (tertiary/aromatic N) is 1. The van der Waals surface area contributed by atoms with Crippen LogP contribution in [-0.4, -0.2) is 29.2 Å². The number of carbonyl (C=O) groups excluding carboxylic acids is 3. The predicted molar refractivity (Wildman–Crippen MR) is 96.8 cm³/mol. The lowest BCUT2D eigenvalue weighted by Crippen LogP contribution is -2.41. The van der Waals surface area contributed by atoms with Crippen LogP contribution in [0.4, 0.5) is 4.79 Å². The van der Waals surface area contributed by atoms with Crippen molar-refractivity contribution in [2.45, 2.75) is 31.7 Å². The van der Waals surface area contributed by atoms with Crippen LogP contribution >= 0.6 is 0 Å². The van der Waals surface area contributed by atoms with Gasteiger partial charge in [0, 0.05) is 5.56 Å². The summed E-state index contributed by atoms with van der Waals surface area (Å²) in [5.74, 6) is -0.642. The minimum absolute atomic E-state index is 0.255. The second-order valence-electron chi connectivity index (χ2n) is 7.07. The molecule has 26 heavy (non-hydrogen) atoms. The maximum Gasteiger partial charge on any atom is 0.325 e. The van der Waals surface area contributed by atoms with Crippen LogP contribution in [0.25, 0.3) is 0 Å². The van der Waals surface area contributed by atoms with Crippen LogP contribution in [0.2, 0.25) is 0 Å². The minimum Gasteiger partial charge on any atom is -0.319 e. The zero-order valence-electron chi connectivity index (χ0n) is 14.6. The van der Waals surface area contributed by atoms with Crippen molar-refractivity contribution >= 4 is 17.7 Å². The summed E-state index contributed by atoms with van der Waals surface area (Å²) < 4.78 is 0. The van der Waals surface area contributed by atoms with E-state index in [9.17, 15) is 14.4 Å². The van der Waals surface area contributed by atoms with Crippen molar-refractivity contribution in [3.8, 4) is 0 Å². The SMILES string of the molecule is C[C@]1(c2ccc3c(c2)CCC3)NC(=O)N(CC(=O)c2ccccc2)C1=O. The number of Topliss-reactive ketones (excluding diaryl/α,β-unsaturated/α-hetero) is 1. The molecule has 2 aromatic rings. The molecule has 132 valence electrons. The molecule has 5 heteroatoms. The summed E-state index contributed by atoms with van der Waals surface area (Å²) in [4.78, 5) is 38.8. The summed E-state index contributed by atoms with van der Waals surface area (Å²) in [6, 6.07) is 14.1. The molecule has 4 rings (SSSR count). The number of ketones is 1. The van der Waals surface area contributed by atoms with E-state index in [0.717, 1.165) is 29.7 Å². The van der Waals surface area contributed by atoms with Gasteiger partial charge in [-0.1, -0.05) is 48.5 Å². The summed E-state index contributed by atoms with van der Waals surface area (Å²) in [5.41, 5.74) is 2.67. The number of fused-ring (bicyclic) bond motifs is 1. The first kappa shape index (κ1) is 16.5. The maximum absolute atomic E-state index is 13.0. The van der Waals surface area contributed by atoms with Gasteiger partial charge < -0.3 is 5.32 Å². The van der Waals surface area contributed by atoms with Crippen molar-refractivity contribution in [1.82, 2.24) is 10.2 Å². The van der Waals surface area contributed by atoms with Gasteiger partial charge in [-0.05, 0) is 42.9 Å². The molecule has 0 aromatic heterocycles. The van der Waals surface area contributed by atoms with Crippen LogP contribution in [0.5, 0.6) is 0 Å². The van der Waals surface area contributed by atoms with Crippen molar-refractivity contribution in [2.24, 2.45) is 0 Å². The minimum atomic E-state index is -1.13. The molecule has 1 aliphatic heterocycles. The first-order valence-electron chi connectivity index (χ1n) is 8.84. The van der Waals surface area contributed by atoms with Crippen molar-refractivity contribution in [3.63, 3.8) is 0 Å². The smallest absolute Gasteiger partial charge is 0.319 e. The second kappa shape index (κ2) is 6.09. The zero-order chi connectivity index (χ0) is 18.3. The fraction of sp³-hybridized carbons (Fsp3) is 0.286. The maximum atomic E-state index is 13.0. The lowest BCUT2D eigenvalue weighted by Gasteiger charge is -2.23. The number of hydrogen-bond acceptors (Lipinski definition) is 3. The third-order valence-corrected chi connectivity index (χ3v) is 5.35. The number of carbonyl (C=O) groups is 3. The molecule has 0 bridgehead atoms. The molecule has 1 N–H and O–H groups in total. The van der Waals surface area contributed by atoms with Gasteiger partial charge in [0.2, 0.25) is 0 Å². The summed E-state index contributed by atoms with van der Waals surface area (Å²) in [5, 5.41) is 2.78. The van der Waals surface area contributed by atoms with E-state index in [0.29, 0.717) is 5.56 Å². The summed E-state index contributed by atoms with van der Waals surface area (Å²) in [7, 11) is 0. The molecule has 0 unspecified atom stereocenters.